The van der Waals surface area contributed by atoms with Crippen LogP contribution in [0.4, 0.5) is 0 Å². The first kappa shape index (κ1) is 14.2. The molecular formula is C16H23N3O2. The molecule has 2 N–H and O–H groups in total. The summed E-state index contributed by atoms with van der Waals surface area (Å²) in [5.74, 6) is 3.26. The molecule has 1 aromatic heterocycles. The van der Waals surface area contributed by atoms with Crippen LogP contribution in [0.15, 0.2) is 12.1 Å². The van der Waals surface area contributed by atoms with Gasteiger partial charge in [0.2, 0.25) is 0 Å². The number of nitrogens with zero attached hydrogens (tertiary/aromatic N) is 2. The molecule has 1 aliphatic carbocycles. The molecule has 1 aliphatic rings. The fourth-order valence-corrected chi connectivity index (χ4v) is 2.93. The molecule has 1 heterocycles. The molecule has 2 aromatic rings. The highest BCUT2D eigenvalue weighted by molar-refractivity contribution is 5.81. The topological polar surface area (TPSA) is 62.3 Å². The lowest BCUT2D eigenvalue weighted by atomic mass is 9.85. The standard InChI is InChI=1S/C16H23N3O2/c1-20-14-9-12-13(10-15(14)21-2)19(8-4-7-17)16(18-12)11-5-3-6-11/h9-11H,3-8,17H2,1-2H3. The number of imidazole rings is 1. The van der Waals surface area contributed by atoms with Crippen molar-refractivity contribution in [3.8, 4) is 11.5 Å². The second-order valence-electron chi connectivity index (χ2n) is 5.59. The summed E-state index contributed by atoms with van der Waals surface area (Å²) in [6.07, 6.45) is 4.73. The number of methoxy groups -OCH3 is 2. The van der Waals surface area contributed by atoms with E-state index in [4.69, 9.17) is 20.2 Å². The molecule has 0 spiro atoms. The van der Waals surface area contributed by atoms with Crippen LogP contribution < -0.4 is 15.2 Å². The van der Waals surface area contributed by atoms with E-state index in [0.717, 1.165) is 35.5 Å². The van der Waals surface area contributed by atoms with Crippen LogP contribution in [0.25, 0.3) is 11.0 Å². The van der Waals surface area contributed by atoms with Gasteiger partial charge in [0.1, 0.15) is 5.82 Å². The summed E-state index contributed by atoms with van der Waals surface area (Å²) < 4.78 is 13.1. The maximum Gasteiger partial charge on any atom is 0.163 e. The van der Waals surface area contributed by atoms with Gasteiger partial charge in [-0.1, -0.05) is 6.42 Å². The van der Waals surface area contributed by atoms with Gasteiger partial charge in [-0.2, -0.15) is 0 Å². The van der Waals surface area contributed by atoms with Crippen LogP contribution in [0, 0.1) is 0 Å². The Morgan fingerprint density at radius 3 is 2.52 bits per heavy atom. The van der Waals surface area contributed by atoms with Crippen molar-refractivity contribution in [2.75, 3.05) is 20.8 Å². The molecule has 0 unspecified atom stereocenters. The third-order valence-electron chi connectivity index (χ3n) is 4.34. The molecule has 1 fully saturated rings. The van der Waals surface area contributed by atoms with Gasteiger partial charge in [0, 0.05) is 24.6 Å². The number of hydrogen-bond acceptors (Lipinski definition) is 4. The monoisotopic (exact) mass is 289 g/mol. The largest absolute Gasteiger partial charge is 0.493 e. The fraction of sp³-hybridized carbons (Fsp3) is 0.562. The smallest absolute Gasteiger partial charge is 0.163 e. The Hall–Kier alpha value is -1.75. The summed E-state index contributed by atoms with van der Waals surface area (Å²) in [6.45, 7) is 1.60. The summed E-state index contributed by atoms with van der Waals surface area (Å²) >= 11 is 0. The van der Waals surface area contributed by atoms with Crippen molar-refractivity contribution in [1.82, 2.24) is 9.55 Å². The van der Waals surface area contributed by atoms with E-state index in [2.05, 4.69) is 4.57 Å². The Labute approximate surface area is 125 Å². The van der Waals surface area contributed by atoms with E-state index in [-0.39, 0.29) is 0 Å². The van der Waals surface area contributed by atoms with E-state index in [1.165, 1.54) is 25.1 Å². The highest BCUT2D eigenvalue weighted by atomic mass is 16.5. The van der Waals surface area contributed by atoms with Gasteiger partial charge in [0.15, 0.2) is 11.5 Å². The van der Waals surface area contributed by atoms with E-state index >= 15 is 0 Å². The van der Waals surface area contributed by atoms with Crippen LogP contribution in [-0.2, 0) is 6.54 Å². The van der Waals surface area contributed by atoms with Crippen LogP contribution in [0.5, 0.6) is 11.5 Å². The number of aryl methyl sites for hydroxylation is 1. The molecule has 0 atom stereocenters. The van der Waals surface area contributed by atoms with Crippen molar-refractivity contribution in [1.29, 1.82) is 0 Å². The lowest BCUT2D eigenvalue weighted by Gasteiger charge is -2.25. The average molecular weight is 289 g/mol. The molecule has 0 saturated heterocycles. The molecule has 5 heteroatoms. The van der Waals surface area contributed by atoms with Crippen LogP contribution in [0.1, 0.15) is 37.4 Å². The maximum atomic E-state index is 5.69. The molecule has 3 rings (SSSR count). The molecule has 1 saturated carbocycles. The summed E-state index contributed by atoms with van der Waals surface area (Å²) in [4.78, 5) is 4.86. The van der Waals surface area contributed by atoms with E-state index < -0.39 is 0 Å². The zero-order valence-electron chi connectivity index (χ0n) is 12.8. The molecule has 0 aliphatic heterocycles. The second kappa shape index (κ2) is 5.93. The predicted molar refractivity (Wildman–Crippen MR) is 83.1 cm³/mol. The van der Waals surface area contributed by atoms with E-state index in [0.29, 0.717) is 12.5 Å². The van der Waals surface area contributed by atoms with Gasteiger partial charge in [-0.3, -0.25) is 0 Å². The molecule has 5 nitrogen and oxygen atoms in total. The number of benzene rings is 1. The van der Waals surface area contributed by atoms with Gasteiger partial charge in [-0.05, 0) is 25.8 Å². The fourth-order valence-electron chi connectivity index (χ4n) is 2.93. The average Bonchev–Trinajstić information content (AvgIpc) is 2.78. The zero-order valence-corrected chi connectivity index (χ0v) is 12.8. The quantitative estimate of drug-likeness (QED) is 0.888. The lowest BCUT2D eigenvalue weighted by Crippen LogP contribution is -2.16. The van der Waals surface area contributed by atoms with E-state index in [1.54, 1.807) is 14.2 Å². The van der Waals surface area contributed by atoms with Crippen molar-refractivity contribution < 1.29 is 9.47 Å². The number of hydrogen-bond donors (Lipinski definition) is 1. The van der Waals surface area contributed by atoms with Crippen molar-refractivity contribution in [2.45, 2.75) is 38.1 Å². The minimum Gasteiger partial charge on any atom is -0.493 e. The highest BCUT2D eigenvalue weighted by Crippen LogP contribution is 2.39. The molecule has 1 aromatic carbocycles. The van der Waals surface area contributed by atoms with E-state index in [1.807, 2.05) is 12.1 Å². The number of aromatic nitrogens is 2. The van der Waals surface area contributed by atoms with Gasteiger partial charge in [0.05, 0.1) is 25.3 Å². The minimum absolute atomic E-state index is 0.590. The van der Waals surface area contributed by atoms with Gasteiger partial charge < -0.3 is 19.8 Å². The molecule has 114 valence electrons. The van der Waals surface area contributed by atoms with Crippen molar-refractivity contribution in [3.63, 3.8) is 0 Å². The Balaban J connectivity index is 2.11. The summed E-state index contributed by atoms with van der Waals surface area (Å²) in [5, 5.41) is 0. The zero-order chi connectivity index (χ0) is 14.8. The Morgan fingerprint density at radius 1 is 1.24 bits per heavy atom. The third kappa shape index (κ3) is 2.46. The van der Waals surface area contributed by atoms with Crippen molar-refractivity contribution in [2.24, 2.45) is 5.73 Å². The maximum absolute atomic E-state index is 5.69. The van der Waals surface area contributed by atoms with Gasteiger partial charge in [-0.25, -0.2) is 4.98 Å². The Bertz CT molecular complexity index is 632. The summed E-state index contributed by atoms with van der Waals surface area (Å²) in [6, 6.07) is 4.00. The second-order valence-corrected chi connectivity index (χ2v) is 5.59. The number of rotatable bonds is 6. The first-order valence-corrected chi connectivity index (χ1v) is 7.60. The number of ether oxygens (including phenoxy) is 2. The van der Waals surface area contributed by atoms with Crippen LogP contribution >= 0.6 is 0 Å². The first-order chi connectivity index (χ1) is 10.3. The minimum atomic E-state index is 0.590. The first-order valence-electron chi connectivity index (χ1n) is 7.60. The predicted octanol–water partition coefficient (Wildman–Crippen LogP) is 2.67. The van der Waals surface area contributed by atoms with Crippen LogP contribution in [0.3, 0.4) is 0 Å². The van der Waals surface area contributed by atoms with Crippen LogP contribution in [0.2, 0.25) is 0 Å². The van der Waals surface area contributed by atoms with Gasteiger partial charge >= 0.3 is 0 Å². The molecule has 0 bridgehead atoms. The van der Waals surface area contributed by atoms with Gasteiger partial charge in [0.25, 0.3) is 0 Å². The summed E-state index contributed by atoms with van der Waals surface area (Å²) in [5.41, 5.74) is 7.78. The Kier molecular flexibility index (Phi) is 4.01. The van der Waals surface area contributed by atoms with E-state index in [9.17, 15) is 0 Å². The normalized spacial score (nSPS) is 15.2. The van der Waals surface area contributed by atoms with Gasteiger partial charge in [-0.15, -0.1) is 0 Å². The van der Waals surface area contributed by atoms with Crippen LogP contribution in [-0.4, -0.2) is 30.3 Å². The molecule has 0 radical (unpaired) electrons. The lowest BCUT2D eigenvalue weighted by molar-refractivity contribution is 0.355. The Morgan fingerprint density at radius 2 is 1.95 bits per heavy atom. The highest BCUT2D eigenvalue weighted by Gasteiger charge is 2.26. The summed E-state index contributed by atoms with van der Waals surface area (Å²) in [7, 11) is 3.32. The SMILES string of the molecule is COc1cc2nc(C3CCC3)n(CCCN)c2cc1OC. The molecule has 21 heavy (non-hydrogen) atoms. The third-order valence-corrected chi connectivity index (χ3v) is 4.34. The molecular weight excluding hydrogens is 266 g/mol. The molecule has 0 amide bonds. The number of fused-ring (bicyclic) bond motifs is 1. The van der Waals surface area contributed by atoms with Crippen molar-refractivity contribution in [3.05, 3.63) is 18.0 Å². The van der Waals surface area contributed by atoms with Crippen molar-refractivity contribution >= 4 is 11.0 Å². The number of nitrogens with two attached hydrogens (primary N) is 1.